The topological polar surface area (TPSA) is 57.6 Å². The first-order chi connectivity index (χ1) is 9.07. The highest BCUT2D eigenvalue weighted by atomic mass is 16.3. The van der Waals surface area contributed by atoms with E-state index in [2.05, 4.69) is 6.08 Å². The normalized spacial score (nSPS) is 21.0. The van der Waals surface area contributed by atoms with Crippen LogP contribution in [0.15, 0.2) is 12.2 Å². The number of aliphatic hydroxyl groups excluding tert-OH is 1. The van der Waals surface area contributed by atoms with Gasteiger partial charge in [-0.05, 0) is 46.0 Å². The minimum absolute atomic E-state index is 0.00965. The third kappa shape index (κ3) is 4.78. The molecule has 1 aliphatic heterocycles. The zero-order valence-electron chi connectivity index (χ0n) is 12.0. The highest BCUT2D eigenvalue weighted by molar-refractivity contribution is 6.01. The van der Waals surface area contributed by atoms with Gasteiger partial charge in [0, 0.05) is 13.0 Å². The van der Waals surface area contributed by atoms with Crippen LogP contribution in [-0.4, -0.2) is 34.5 Å². The molecule has 1 amide bonds. The molecule has 19 heavy (non-hydrogen) atoms. The van der Waals surface area contributed by atoms with E-state index in [0.717, 1.165) is 25.7 Å². The number of ketones is 1. The molecule has 0 aromatic heterocycles. The fourth-order valence-corrected chi connectivity index (χ4v) is 2.34. The summed E-state index contributed by atoms with van der Waals surface area (Å²) in [6.07, 6.45) is 8.06. The molecule has 0 spiro atoms. The molecule has 4 heteroatoms. The molecule has 4 nitrogen and oxygen atoms in total. The van der Waals surface area contributed by atoms with Crippen molar-refractivity contribution in [3.63, 3.8) is 0 Å². The van der Waals surface area contributed by atoms with Crippen molar-refractivity contribution in [2.24, 2.45) is 5.92 Å². The van der Waals surface area contributed by atoms with E-state index in [1.807, 2.05) is 13.0 Å². The zero-order valence-corrected chi connectivity index (χ0v) is 12.0. The van der Waals surface area contributed by atoms with Crippen molar-refractivity contribution in [2.75, 3.05) is 6.54 Å². The van der Waals surface area contributed by atoms with Crippen molar-refractivity contribution < 1.29 is 14.7 Å². The number of allylic oxidation sites excluding steroid dienone is 2. The van der Waals surface area contributed by atoms with E-state index in [1.165, 1.54) is 4.90 Å². The van der Waals surface area contributed by atoms with Gasteiger partial charge in [0.05, 0.1) is 5.92 Å². The molecule has 2 atom stereocenters. The number of unbranched alkanes of at least 4 members (excludes halogenated alkanes) is 2. The fraction of sp³-hybridized carbons (Fsp3) is 0.733. The van der Waals surface area contributed by atoms with Crippen LogP contribution in [-0.2, 0) is 9.59 Å². The Labute approximate surface area is 115 Å². The van der Waals surface area contributed by atoms with Gasteiger partial charge in [-0.1, -0.05) is 12.2 Å². The first kappa shape index (κ1) is 15.9. The third-order valence-corrected chi connectivity index (χ3v) is 3.64. The summed E-state index contributed by atoms with van der Waals surface area (Å²) in [7, 11) is 0. The fourth-order valence-electron chi connectivity index (χ4n) is 2.34. The third-order valence-electron chi connectivity index (χ3n) is 3.64. The van der Waals surface area contributed by atoms with Gasteiger partial charge >= 0.3 is 0 Å². The first-order valence-corrected chi connectivity index (χ1v) is 7.20. The molecule has 1 rings (SSSR count). The lowest BCUT2D eigenvalue weighted by atomic mass is 9.99. The molecule has 0 aliphatic carbocycles. The van der Waals surface area contributed by atoms with E-state index < -0.39 is 12.1 Å². The minimum atomic E-state index is -0.697. The lowest BCUT2D eigenvalue weighted by Gasteiger charge is -2.23. The van der Waals surface area contributed by atoms with Gasteiger partial charge in [0.1, 0.15) is 12.0 Å². The molecule has 1 saturated heterocycles. The Balaban J connectivity index is 2.33. The molecule has 0 aromatic rings. The molecule has 1 aliphatic rings. The highest BCUT2D eigenvalue weighted by Gasteiger charge is 2.32. The second-order valence-corrected chi connectivity index (χ2v) is 5.16. The van der Waals surface area contributed by atoms with Gasteiger partial charge in [-0.3, -0.25) is 9.59 Å². The summed E-state index contributed by atoms with van der Waals surface area (Å²) in [6.45, 7) is 4.20. The van der Waals surface area contributed by atoms with Gasteiger partial charge in [-0.15, -0.1) is 0 Å². The Morgan fingerprint density at radius 2 is 2.16 bits per heavy atom. The van der Waals surface area contributed by atoms with Crippen LogP contribution in [0.3, 0.4) is 0 Å². The van der Waals surface area contributed by atoms with Gasteiger partial charge in [-0.25, -0.2) is 0 Å². The van der Waals surface area contributed by atoms with Crippen LogP contribution in [0.25, 0.3) is 0 Å². The molecule has 1 N–H and O–H groups in total. The molecule has 0 bridgehead atoms. The van der Waals surface area contributed by atoms with Crippen LogP contribution in [0.5, 0.6) is 0 Å². The van der Waals surface area contributed by atoms with Crippen LogP contribution in [0.4, 0.5) is 0 Å². The molecule has 0 saturated carbocycles. The number of carbonyl (C=O) groups excluding carboxylic acids is 2. The second-order valence-electron chi connectivity index (χ2n) is 5.16. The summed E-state index contributed by atoms with van der Waals surface area (Å²) in [5.74, 6) is -0.845. The maximum absolute atomic E-state index is 12.1. The van der Waals surface area contributed by atoms with Crippen molar-refractivity contribution in [1.29, 1.82) is 0 Å². The largest absolute Gasteiger partial charge is 0.374 e. The SMILES string of the molecule is CC=CCCCCC(=O)C(C)C(=O)N1CCCC1O. The van der Waals surface area contributed by atoms with Crippen LogP contribution in [0, 0.1) is 5.92 Å². The number of hydrogen-bond acceptors (Lipinski definition) is 3. The van der Waals surface area contributed by atoms with Crippen LogP contribution >= 0.6 is 0 Å². The molecule has 108 valence electrons. The number of aliphatic hydroxyl groups is 1. The molecular formula is C15H25NO3. The Kier molecular flexibility index (Phi) is 6.78. The van der Waals surface area contributed by atoms with E-state index in [-0.39, 0.29) is 11.7 Å². The summed E-state index contributed by atoms with van der Waals surface area (Å²) < 4.78 is 0. The predicted octanol–water partition coefficient (Wildman–Crippen LogP) is 2.27. The van der Waals surface area contributed by atoms with Crippen molar-refractivity contribution in [2.45, 2.75) is 58.6 Å². The quantitative estimate of drug-likeness (QED) is 0.437. The maximum atomic E-state index is 12.1. The molecule has 0 aromatic carbocycles. The van der Waals surface area contributed by atoms with Crippen LogP contribution < -0.4 is 0 Å². The first-order valence-electron chi connectivity index (χ1n) is 7.20. The number of carbonyl (C=O) groups is 2. The lowest BCUT2D eigenvalue weighted by molar-refractivity contribution is -0.145. The Bertz CT molecular complexity index is 338. The van der Waals surface area contributed by atoms with Gasteiger partial charge in [-0.2, -0.15) is 0 Å². The van der Waals surface area contributed by atoms with Crippen molar-refractivity contribution in [1.82, 2.24) is 4.90 Å². The van der Waals surface area contributed by atoms with Gasteiger partial charge in [0.15, 0.2) is 0 Å². The average molecular weight is 267 g/mol. The van der Waals surface area contributed by atoms with E-state index in [1.54, 1.807) is 6.92 Å². The van der Waals surface area contributed by atoms with Crippen molar-refractivity contribution in [3.8, 4) is 0 Å². The molecule has 1 heterocycles. The van der Waals surface area contributed by atoms with Crippen LogP contribution in [0.1, 0.15) is 52.4 Å². The van der Waals surface area contributed by atoms with E-state index >= 15 is 0 Å². The maximum Gasteiger partial charge on any atom is 0.234 e. The number of nitrogens with zero attached hydrogens (tertiary/aromatic N) is 1. The zero-order chi connectivity index (χ0) is 14.3. The summed E-state index contributed by atoms with van der Waals surface area (Å²) in [6, 6.07) is 0. The smallest absolute Gasteiger partial charge is 0.234 e. The number of amides is 1. The van der Waals surface area contributed by atoms with Crippen molar-refractivity contribution >= 4 is 11.7 Å². The lowest BCUT2D eigenvalue weighted by Crippen LogP contribution is -2.41. The monoisotopic (exact) mass is 267 g/mol. The summed E-state index contributed by atoms with van der Waals surface area (Å²) in [5.41, 5.74) is 0. The molecular weight excluding hydrogens is 242 g/mol. The van der Waals surface area contributed by atoms with E-state index in [9.17, 15) is 14.7 Å². The second kappa shape index (κ2) is 8.10. The van der Waals surface area contributed by atoms with Crippen LogP contribution in [0.2, 0.25) is 0 Å². The molecule has 1 fully saturated rings. The van der Waals surface area contributed by atoms with Gasteiger partial charge < -0.3 is 10.0 Å². The average Bonchev–Trinajstić information content (AvgIpc) is 2.82. The van der Waals surface area contributed by atoms with Gasteiger partial charge in [0.25, 0.3) is 0 Å². The van der Waals surface area contributed by atoms with Gasteiger partial charge in [0.2, 0.25) is 5.91 Å². The number of hydrogen-bond donors (Lipinski definition) is 1. The standard InChI is InChI=1S/C15H25NO3/c1-3-4-5-6-7-9-13(17)12(2)15(19)16-11-8-10-14(16)18/h3-4,12,14,18H,5-11H2,1-2H3. The summed E-state index contributed by atoms with van der Waals surface area (Å²) >= 11 is 0. The molecule has 0 radical (unpaired) electrons. The number of rotatable bonds is 7. The Hall–Kier alpha value is -1.16. The minimum Gasteiger partial charge on any atom is -0.374 e. The highest BCUT2D eigenvalue weighted by Crippen LogP contribution is 2.19. The number of Topliss-reactive ketones (excluding diaryl/α,β-unsaturated/α-hetero) is 1. The Morgan fingerprint density at radius 1 is 1.42 bits per heavy atom. The van der Waals surface area contributed by atoms with E-state index in [0.29, 0.717) is 19.4 Å². The Morgan fingerprint density at radius 3 is 2.74 bits per heavy atom. The molecule has 2 unspecified atom stereocenters. The van der Waals surface area contributed by atoms with E-state index in [4.69, 9.17) is 0 Å². The van der Waals surface area contributed by atoms with Crippen molar-refractivity contribution in [3.05, 3.63) is 12.2 Å². The summed E-state index contributed by atoms with van der Waals surface area (Å²) in [5, 5.41) is 9.65. The summed E-state index contributed by atoms with van der Waals surface area (Å²) in [4.78, 5) is 25.4. The number of likely N-dealkylation sites (tertiary alicyclic amines) is 1. The predicted molar refractivity (Wildman–Crippen MR) is 74.4 cm³/mol.